The molecule has 1 aromatic rings. The Bertz CT molecular complexity index is 634. The number of aromatic nitrogens is 1. The summed E-state index contributed by atoms with van der Waals surface area (Å²) in [4.78, 5) is 19.3. The number of rotatable bonds is 2. The maximum absolute atomic E-state index is 11.2. The summed E-state index contributed by atoms with van der Waals surface area (Å²) in [5.41, 5.74) is 0.136. The summed E-state index contributed by atoms with van der Waals surface area (Å²) < 4.78 is 12.1. The van der Waals surface area contributed by atoms with E-state index in [-0.39, 0.29) is 17.2 Å². The lowest BCUT2D eigenvalue weighted by Gasteiger charge is -2.38. The Kier molecular flexibility index (Phi) is 4.45. The Morgan fingerprint density at radius 3 is 2.36 bits per heavy atom. The van der Waals surface area contributed by atoms with Crippen LogP contribution in [0.1, 0.15) is 34.6 Å². The fraction of sp³-hybridized carbons (Fsp3) is 0.647. The highest BCUT2D eigenvalue weighted by Crippen LogP contribution is 2.36. The standard InChI is InChI=1S/C17H26BN3O4/c1-12-11-20(8-9-21(12)15(22)23)14-7-6-13(10-19-14)18-24-16(2,3)17(4,5)25-18/h6-7,10,12H,8-9,11H2,1-5H3,(H,22,23). The molecule has 2 aliphatic rings. The van der Waals surface area contributed by atoms with E-state index in [0.717, 1.165) is 11.3 Å². The van der Waals surface area contributed by atoms with Crippen LogP contribution in [0, 0.1) is 0 Å². The summed E-state index contributed by atoms with van der Waals surface area (Å²) >= 11 is 0. The van der Waals surface area contributed by atoms with Gasteiger partial charge in [0.2, 0.25) is 0 Å². The fourth-order valence-electron chi connectivity index (χ4n) is 3.15. The van der Waals surface area contributed by atoms with Crippen LogP contribution in [0.3, 0.4) is 0 Å². The van der Waals surface area contributed by atoms with E-state index in [1.807, 2.05) is 46.8 Å². The lowest BCUT2D eigenvalue weighted by molar-refractivity contribution is 0.00578. The van der Waals surface area contributed by atoms with Crippen molar-refractivity contribution in [1.29, 1.82) is 0 Å². The summed E-state index contributed by atoms with van der Waals surface area (Å²) in [6.45, 7) is 11.8. The van der Waals surface area contributed by atoms with Crippen molar-refractivity contribution in [1.82, 2.24) is 9.88 Å². The van der Waals surface area contributed by atoms with Gasteiger partial charge in [-0.2, -0.15) is 0 Å². The van der Waals surface area contributed by atoms with Gasteiger partial charge in [0, 0.05) is 37.3 Å². The van der Waals surface area contributed by atoms with Crippen LogP contribution in [0.2, 0.25) is 0 Å². The lowest BCUT2D eigenvalue weighted by atomic mass is 9.80. The maximum atomic E-state index is 11.2. The van der Waals surface area contributed by atoms with Gasteiger partial charge in [-0.1, -0.05) is 6.07 Å². The first-order chi connectivity index (χ1) is 11.6. The third-order valence-corrected chi connectivity index (χ3v) is 5.49. The number of piperazine rings is 1. The highest BCUT2D eigenvalue weighted by Gasteiger charge is 2.51. The zero-order chi connectivity index (χ0) is 18.4. The molecule has 0 bridgehead atoms. The molecule has 2 fully saturated rings. The van der Waals surface area contributed by atoms with E-state index in [1.54, 1.807) is 6.20 Å². The Morgan fingerprint density at radius 1 is 1.24 bits per heavy atom. The Balaban J connectivity index is 1.69. The van der Waals surface area contributed by atoms with Gasteiger partial charge in [0.25, 0.3) is 0 Å². The molecule has 1 atom stereocenters. The van der Waals surface area contributed by atoms with Crippen molar-refractivity contribution in [3.05, 3.63) is 18.3 Å². The third-order valence-electron chi connectivity index (χ3n) is 5.49. The van der Waals surface area contributed by atoms with Crippen molar-refractivity contribution in [2.45, 2.75) is 51.9 Å². The Labute approximate surface area is 149 Å². The molecular formula is C17H26BN3O4. The van der Waals surface area contributed by atoms with Crippen LogP contribution in [0.15, 0.2) is 18.3 Å². The van der Waals surface area contributed by atoms with Crippen molar-refractivity contribution in [2.75, 3.05) is 24.5 Å². The first kappa shape index (κ1) is 18.0. The number of anilines is 1. The first-order valence-electron chi connectivity index (χ1n) is 8.67. The molecule has 3 heterocycles. The SMILES string of the molecule is CC1CN(c2ccc(B3OC(C)(C)C(C)(C)O3)cn2)CCN1C(=O)O. The number of nitrogens with zero attached hydrogens (tertiary/aromatic N) is 3. The number of hydrogen-bond acceptors (Lipinski definition) is 5. The fourth-order valence-corrected chi connectivity index (χ4v) is 3.15. The number of pyridine rings is 1. The van der Waals surface area contributed by atoms with Crippen LogP contribution in [-0.2, 0) is 9.31 Å². The largest absolute Gasteiger partial charge is 0.496 e. The molecule has 7 nitrogen and oxygen atoms in total. The molecule has 1 unspecified atom stereocenters. The normalized spacial score (nSPS) is 25.3. The Morgan fingerprint density at radius 2 is 1.88 bits per heavy atom. The first-order valence-corrected chi connectivity index (χ1v) is 8.67. The number of amides is 1. The average molecular weight is 347 g/mol. The second-order valence-electron chi connectivity index (χ2n) is 7.81. The van der Waals surface area contributed by atoms with Gasteiger partial charge in [0.05, 0.1) is 11.2 Å². The predicted octanol–water partition coefficient (Wildman–Crippen LogP) is 1.57. The molecule has 136 valence electrons. The van der Waals surface area contributed by atoms with Gasteiger partial charge in [-0.3, -0.25) is 0 Å². The summed E-state index contributed by atoms with van der Waals surface area (Å²) in [5, 5.41) is 9.17. The van der Waals surface area contributed by atoms with Crippen LogP contribution in [0.4, 0.5) is 10.6 Å². The van der Waals surface area contributed by atoms with Gasteiger partial charge in [0.1, 0.15) is 5.82 Å². The van der Waals surface area contributed by atoms with Gasteiger partial charge >= 0.3 is 13.2 Å². The van der Waals surface area contributed by atoms with Crippen molar-refractivity contribution < 1.29 is 19.2 Å². The highest BCUT2D eigenvalue weighted by atomic mass is 16.7. The lowest BCUT2D eigenvalue weighted by Crippen LogP contribution is -2.54. The highest BCUT2D eigenvalue weighted by molar-refractivity contribution is 6.62. The van der Waals surface area contributed by atoms with E-state index in [0.29, 0.717) is 19.6 Å². The Hall–Kier alpha value is -1.80. The van der Waals surface area contributed by atoms with Crippen molar-refractivity contribution >= 4 is 24.5 Å². The second-order valence-corrected chi connectivity index (χ2v) is 7.81. The summed E-state index contributed by atoms with van der Waals surface area (Å²) in [7, 11) is -0.422. The van der Waals surface area contributed by atoms with Crippen LogP contribution in [0.5, 0.6) is 0 Å². The minimum Gasteiger partial charge on any atom is -0.465 e. The zero-order valence-electron chi connectivity index (χ0n) is 15.5. The van der Waals surface area contributed by atoms with Crippen molar-refractivity contribution in [3.8, 4) is 0 Å². The van der Waals surface area contributed by atoms with E-state index >= 15 is 0 Å². The molecule has 3 rings (SSSR count). The average Bonchev–Trinajstić information content (AvgIpc) is 2.75. The molecule has 8 heteroatoms. The monoisotopic (exact) mass is 347 g/mol. The van der Waals surface area contributed by atoms with Crippen LogP contribution >= 0.6 is 0 Å². The zero-order valence-corrected chi connectivity index (χ0v) is 15.5. The van der Waals surface area contributed by atoms with Crippen LogP contribution < -0.4 is 10.4 Å². The second kappa shape index (κ2) is 6.18. The minimum atomic E-state index is -0.865. The van der Waals surface area contributed by atoms with Crippen molar-refractivity contribution in [2.24, 2.45) is 0 Å². The van der Waals surface area contributed by atoms with E-state index < -0.39 is 13.2 Å². The topological polar surface area (TPSA) is 75.1 Å². The maximum Gasteiger partial charge on any atom is 0.496 e. The minimum absolute atomic E-state index is 0.0594. The predicted molar refractivity (Wildman–Crippen MR) is 96.4 cm³/mol. The van der Waals surface area contributed by atoms with E-state index in [1.165, 1.54) is 4.90 Å². The molecule has 0 aromatic carbocycles. The molecule has 25 heavy (non-hydrogen) atoms. The number of hydrogen-bond donors (Lipinski definition) is 1. The van der Waals surface area contributed by atoms with Gasteiger partial charge in [0.15, 0.2) is 0 Å². The van der Waals surface area contributed by atoms with Crippen LogP contribution in [-0.4, -0.2) is 65.1 Å². The molecule has 0 spiro atoms. The van der Waals surface area contributed by atoms with Crippen molar-refractivity contribution in [3.63, 3.8) is 0 Å². The quantitative estimate of drug-likeness (QED) is 0.819. The molecular weight excluding hydrogens is 321 g/mol. The molecule has 0 aliphatic carbocycles. The van der Waals surface area contributed by atoms with Gasteiger partial charge in [-0.15, -0.1) is 0 Å². The molecule has 2 aliphatic heterocycles. The summed E-state index contributed by atoms with van der Waals surface area (Å²) in [5.74, 6) is 0.845. The molecule has 2 saturated heterocycles. The molecule has 1 N–H and O–H groups in total. The molecule has 0 saturated carbocycles. The molecule has 1 aromatic heterocycles. The summed E-state index contributed by atoms with van der Waals surface area (Å²) in [6, 6.07) is 3.86. The van der Waals surface area contributed by atoms with Gasteiger partial charge in [-0.05, 0) is 40.7 Å². The van der Waals surface area contributed by atoms with Gasteiger partial charge < -0.3 is 24.2 Å². The molecule has 1 amide bonds. The smallest absolute Gasteiger partial charge is 0.465 e. The number of carbonyl (C=O) groups is 1. The van der Waals surface area contributed by atoms with E-state index in [2.05, 4.69) is 9.88 Å². The molecule has 0 radical (unpaired) electrons. The van der Waals surface area contributed by atoms with Crippen LogP contribution in [0.25, 0.3) is 0 Å². The van der Waals surface area contributed by atoms with E-state index in [4.69, 9.17) is 9.31 Å². The van der Waals surface area contributed by atoms with Gasteiger partial charge in [-0.25, -0.2) is 9.78 Å². The summed E-state index contributed by atoms with van der Waals surface area (Å²) in [6.07, 6.45) is 0.919. The number of carboxylic acid groups (broad SMARTS) is 1. The van der Waals surface area contributed by atoms with E-state index in [9.17, 15) is 9.90 Å². The third kappa shape index (κ3) is 3.33.